The van der Waals surface area contributed by atoms with E-state index in [-0.39, 0.29) is 29.3 Å². The number of fused-ring (bicyclic) bond motifs is 2. The number of aryl methyl sites for hydroxylation is 1. The molecule has 0 saturated heterocycles. The van der Waals surface area contributed by atoms with Gasteiger partial charge in [-0.1, -0.05) is 0 Å². The Hall–Kier alpha value is -4.54. The van der Waals surface area contributed by atoms with Gasteiger partial charge in [-0.3, -0.25) is 14.2 Å². The molecule has 0 bridgehead atoms. The molecule has 1 fully saturated rings. The molecule has 3 heterocycles. The van der Waals surface area contributed by atoms with Crippen molar-refractivity contribution in [2.75, 3.05) is 31.5 Å². The number of aromatic nitrogens is 2. The van der Waals surface area contributed by atoms with Gasteiger partial charge in [0.2, 0.25) is 0 Å². The zero-order valence-corrected chi connectivity index (χ0v) is 23.1. The first-order valence-corrected chi connectivity index (χ1v) is 13.3. The van der Waals surface area contributed by atoms with Crippen molar-refractivity contribution in [1.29, 1.82) is 0 Å². The van der Waals surface area contributed by atoms with Crippen molar-refractivity contribution < 1.29 is 23.8 Å². The standard InChI is InChI=1S/C29H33N5O6/c1-5-40-28(37)20-16-31-24(30-15-18-8-9-19(38-3)13-23(18)39-4)14-21(20)32-22-12-17(2)25-26(35)33-29(10-6-7-11-29)34(25)27(22)36/h8-9,12-14,16H,5-7,10-11,15H2,1-4H3,(H,33,35)(H2,30,31,32). The summed E-state index contributed by atoms with van der Waals surface area (Å²) < 4.78 is 17.6. The van der Waals surface area contributed by atoms with Gasteiger partial charge >= 0.3 is 5.97 Å². The van der Waals surface area contributed by atoms with E-state index in [2.05, 4.69) is 20.9 Å². The summed E-state index contributed by atoms with van der Waals surface area (Å²) >= 11 is 0. The van der Waals surface area contributed by atoms with E-state index >= 15 is 0 Å². The van der Waals surface area contributed by atoms with Gasteiger partial charge in [-0.05, 0) is 63.3 Å². The van der Waals surface area contributed by atoms with Crippen LogP contribution in [-0.4, -0.2) is 42.3 Å². The topological polar surface area (TPSA) is 133 Å². The highest BCUT2D eigenvalue weighted by molar-refractivity contribution is 5.98. The van der Waals surface area contributed by atoms with Crippen LogP contribution in [0.25, 0.3) is 0 Å². The molecule has 1 saturated carbocycles. The van der Waals surface area contributed by atoms with E-state index in [0.717, 1.165) is 18.4 Å². The van der Waals surface area contributed by atoms with Crippen molar-refractivity contribution >= 4 is 29.1 Å². The van der Waals surface area contributed by atoms with Gasteiger partial charge in [0.25, 0.3) is 11.5 Å². The quantitative estimate of drug-likeness (QED) is 0.339. The Balaban J connectivity index is 1.50. The Bertz CT molecular complexity index is 1530. The molecule has 3 N–H and O–H groups in total. The fraction of sp³-hybridized carbons (Fsp3) is 0.379. The monoisotopic (exact) mass is 547 g/mol. The Morgan fingerprint density at radius 3 is 2.58 bits per heavy atom. The van der Waals surface area contributed by atoms with E-state index in [1.165, 1.54) is 6.20 Å². The zero-order chi connectivity index (χ0) is 28.4. The summed E-state index contributed by atoms with van der Waals surface area (Å²) in [5, 5.41) is 9.46. The van der Waals surface area contributed by atoms with Crippen molar-refractivity contribution in [3.05, 3.63) is 69.3 Å². The number of carbonyl (C=O) groups is 2. The summed E-state index contributed by atoms with van der Waals surface area (Å²) in [6.45, 7) is 4.09. The summed E-state index contributed by atoms with van der Waals surface area (Å²) in [6, 6.07) is 8.82. The number of benzene rings is 1. The molecule has 11 nitrogen and oxygen atoms in total. The molecule has 2 aliphatic rings. The molecular formula is C29H33N5O6. The van der Waals surface area contributed by atoms with Crippen molar-refractivity contribution in [1.82, 2.24) is 14.9 Å². The lowest BCUT2D eigenvalue weighted by Crippen LogP contribution is -2.45. The van der Waals surface area contributed by atoms with Gasteiger partial charge in [0.15, 0.2) is 0 Å². The van der Waals surface area contributed by atoms with Crippen LogP contribution in [-0.2, 0) is 16.9 Å². The van der Waals surface area contributed by atoms with Crippen LogP contribution in [0.5, 0.6) is 11.5 Å². The minimum atomic E-state index is -0.710. The molecule has 1 aliphatic heterocycles. The van der Waals surface area contributed by atoms with Gasteiger partial charge in [-0.15, -0.1) is 0 Å². The van der Waals surface area contributed by atoms with Crippen molar-refractivity contribution in [2.24, 2.45) is 0 Å². The number of amides is 1. The Morgan fingerprint density at radius 1 is 1.10 bits per heavy atom. The molecule has 3 aromatic rings. The number of esters is 1. The number of hydrogen-bond donors (Lipinski definition) is 3. The van der Waals surface area contributed by atoms with Crippen molar-refractivity contribution in [3.8, 4) is 11.5 Å². The number of anilines is 3. The Labute approximate surface area is 231 Å². The predicted octanol–water partition coefficient (Wildman–Crippen LogP) is 4.07. The van der Waals surface area contributed by atoms with Crippen LogP contribution in [0.15, 0.2) is 41.3 Å². The highest BCUT2D eigenvalue weighted by Gasteiger charge is 2.46. The van der Waals surface area contributed by atoms with Gasteiger partial charge in [-0.25, -0.2) is 9.78 Å². The maximum Gasteiger partial charge on any atom is 0.341 e. The van der Waals surface area contributed by atoms with E-state index in [9.17, 15) is 14.4 Å². The van der Waals surface area contributed by atoms with Crippen LogP contribution in [0.3, 0.4) is 0 Å². The van der Waals surface area contributed by atoms with Crippen LogP contribution < -0.4 is 31.0 Å². The van der Waals surface area contributed by atoms with Crippen molar-refractivity contribution in [3.63, 3.8) is 0 Å². The first kappa shape index (κ1) is 27.0. The second kappa shape index (κ2) is 10.9. The highest BCUT2D eigenvalue weighted by Crippen LogP contribution is 2.39. The number of ether oxygens (including phenoxy) is 3. The second-order valence-electron chi connectivity index (χ2n) is 9.91. The molecule has 0 unspecified atom stereocenters. The summed E-state index contributed by atoms with van der Waals surface area (Å²) in [4.78, 5) is 43.8. The third-order valence-corrected chi connectivity index (χ3v) is 7.43. The maximum absolute atomic E-state index is 13.8. The fourth-order valence-corrected chi connectivity index (χ4v) is 5.51. The Kier molecular flexibility index (Phi) is 7.38. The minimum absolute atomic E-state index is 0.182. The van der Waals surface area contributed by atoms with Gasteiger partial charge in [-0.2, -0.15) is 0 Å². The van der Waals surface area contributed by atoms with Crippen LogP contribution in [0.4, 0.5) is 17.2 Å². The largest absolute Gasteiger partial charge is 0.497 e. The first-order chi connectivity index (χ1) is 19.3. The number of methoxy groups -OCH3 is 2. The van der Waals surface area contributed by atoms with E-state index in [0.29, 0.717) is 53.6 Å². The molecule has 1 aliphatic carbocycles. The minimum Gasteiger partial charge on any atom is -0.497 e. The fourth-order valence-electron chi connectivity index (χ4n) is 5.51. The summed E-state index contributed by atoms with van der Waals surface area (Å²) in [5.41, 5.74) is 1.68. The van der Waals surface area contributed by atoms with E-state index < -0.39 is 11.6 Å². The Morgan fingerprint density at radius 2 is 1.88 bits per heavy atom. The normalized spacial score (nSPS) is 14.9. The van der Waals surface area contributed by atoms with Crippen LogP contribution in [0, 0.1) is 6.92 Å². The average molecular weight is 548 g/mol. The number of hydrogen-bond acceptors (Lipinski definition) is 9. The number of carbonyl (C=O) groups excluding carboxylic acids is 2. The van der Waals surface area contributed by atoms with Gasteiger partial charge in [0.1, 0.15) is 39.9 Å². The van der Waals surface area contributed by atoms with Crippen LogP contribution >= 0.6 is 0 Å². The molecular weight excluding hydrogens is 514 g/mol. The third kappa shape index (κ3) is 4.83. The third-order valence-electron chi connectivity index (χ3n) is 7.43. The second-order valence-corrected chi connectivity index (χ2v) is 9.91. The van der Waals surface area contributed by atoms with Crippen LogP contribution in [0.2, 0.25) is 0 Å². The number of pyridine rings is 2. The smallest absolute Gasteiger partial charge is 0.341 e. The first-order valence-electron chi connectivity index (χ1n) is 13.3. The predicted molar refractivity (Wildman–Crippen MR) is 150 cm³/mol. The average Bonchev–Trinajstić information content (AvgIpc) is 3.54. The summed E-state index contributed by atoms with van der Waals surface area (Å²) in [5.74, 6) is 0.994. The SMILES string of the molecule is CCOC(=O)c1cnc(NCc2ccc(OC)cc2OC)cc1Nc1cc(C)c2n(c1=O)C1(CCCC1)NC2=O. The molecule has 1 aromatic carbocycles. The highest BCUT2D eigenvalue weighted by atomic mass is 16.5. The molecule has 210 valence electrons. The lowest BCUT2D eigenvalue weighted by molar-refractivity contribution is 0.0527. The number of nitrogens with one attached hydrogen (secondary N) is 3. The molecule has 0 atom stereocenters. The molecule has 11 heteroatoms. The summed E-state index contributed by atoms with van der Waals surface area (Å²) in [7, 11) is 3.18. The molecule has 5 rings (SSSR count). The maximum atomic E-state index is 13.8. The van der Waals surface area contributed by atoms with Gasteiger partial charge in [0.05, 0.1) is 26.5 Å². The molecule has 0 radical (unpaired) electrons. The lowest BCUT2D eigenvalue weighted by atomic mass is 10.1. The molecule has 1 spiro atoms. The van der Waals surface area contributed by atoms with Gasteiger partial charge in [0, 0.05) is 30.4 Å². The van der Waals surface area contributed by atoms with E-state index in [1.807, 2.05) is 12.1 Å². The van der Waals surface area contributed by atoms with Crippen LogP contribution in [0.1, 0.15) is 64.6 Å². The van der Waals surface area contributed by atoms with E-state index in [4.69, 9.17) is 14.2 Å². The number of rotatable bonds is 9. The molecule has 2 aromatic heterocycles. The molecule has 1 amide bonds. The lowest BCUT2D eigenvalue weighted by Gasteiger charge is -2.27. The zero-order valence-electron chi connectivity index (χ0n) is 23.1. The molecule has 40 heavy (non-hydrogen) atoms. The summed E-state index contributed by atoms with van der Waals surface area (Å²) in [6.07, 6.45) is 4.65. The number of nitrogens with zero attached hydrogens (tertiary/aromatic N) is 2. The van der Waals surface area contributed by atoms with E-state index in [1.54, 1.807) is 50.8 Å². The van der Waals surface area contributed by atoms with Gasteiger partial charge < -0.3 is 30.2 Å². The van der Waals surface area contributed by atoms with Crippen molar-refractivity contribution in [2.45, 2.75) is 51.7 Å².